The number of fused-ring (bicyclic) bond motifs is 1. The maximum absolute atomic E-state index is 12.6. The van der Waals surface area contributed by atoms with Crippen molar-refractivity contribution >= 4 is 11.5 Å². The number of hydrogen-bond donors (Lipinski definition) is 0. The largest absolute Gasteiger partial charge is 0.573 e. The van der Waals surface area contributed by atoms with Gasteiger partial charge in [-0.1, -0.05) is 39.0 Å². The number of anilines is 1. The number of nitrogens with zero attached hydrogens (tertiary/aromatic N) is 5. The zero-order valence-electron chi connectivity index (χ0n) is 15.4. The van der Waals surface area contributed by atoms with E-state index in [2.05, 4.69) is 20.0 Å². The molecule has 1 aromatic carbocycles. The topological polar surface area (TPSA) is 55.5 Å². The van der Waals surface area contributed by atoms with Crippen LogP contribution in [0.5, 0.6) is 5.75 Å². The first-order chi connectivity index (χ1) is 12.5. The maximum Gasteiger partial charge on any atom is 0.573 e. The third-order valence-corrected chi connectivity index (χ3v) is 3.92. The molecule has 0 unspecified atom stereocenters. The minimum absolute atomic E-state index is 0.192. The normalized spacial score (nSPS) is 12.4. The Labute approximate surface area is 154 Å². The van der Waals surface area contributed by atoms with Crippen molar-refractivity contribution in [1.29, 1.82) is 0 Å². The van der Waals surface area contributed by atoms with Crippen LogP contribution in [0.1, 0.15) is 32.2 Å². The summed E-state index contributed by atoms with van der Waals surface area (Å²) < 4.78 is 43.6. The van der Waals surface area contributed by atoms with Gasteiger partial charge in [-0.15, -0.1) is 28.5 Å². The number of halogens is 3. The summed E-state index contributed by atoms with van der Waals surface area (Å²) in [6.07, 6.45) is -4.74. The van der Waals surface area contributed by atoms with Gasteiger partial charge in [0.15, 0.2) is 11.5 Å². The summed E-state index contributed by atoms with van der Waals surface area (Å²) in [5, 5.41) is 12.9. The van der Waals surface area contributed by atoms with E-state index in [0.717, 1.165) is 0 Å². The Morgan fingerprint density at radius 3 is 2.41 bits per heavy atom. The third kappa shape index (κ3) is 4.29. The first kappa shape index (κ1) is 18.9. The lowest BCUT2D eigenvalue weighted by molar-refractivity contribution is -0.274. The van der Waals surface area contributed by atoms with Gasteiger partial charge in [-0.05, 0) is 18.2 Å². The molecule has 2 aromatic heterocycles. The molecule has 0 N–H and O–H groups in total. The molecule has 0 aliphatic heterocycles. The summed E-state index contributed by atoms with van der Waals surface area (Å²) in [5.74, 6) is 1.06. The van der Waals surface area contributed by atoms with Gasteiger partial charge in [-0.25, -0.2) is 0 Å². The van der Waals surface area contributed by atoms with E-state index in [-0.39, 0.29) is 17.7 Å². The minimum Gasteiger partial charge on any atom is -0.405 e. The van der Waals surface area contributed by atoms with Crippen molar-refractivity contribution in [3.8, 4) is 5.75 Å². The monoisotopic (exact) mass is 379 g/mol. The van der Waals surface area contributed by atoms with Crippen LogP contribution in [-0.4, -0.2) is 33.2 Å². The van der Waals surface area contributed by atoms with Crippen LogP contribution in [-0.2, 0) is 12.0 Å². The molecule has 0 saturated heterocycles. The highest BCUT2D eigenvalue weighted by atomic mass is 19.4. The van der Waals surface area contributed by atoms with Gasteiger partial charge in [-0.2, -0.15) is 4.52 Å². The van der Waals surface area contributed by atoms with Crippen molar-refractivity contribution in [3.63, 3.8) is 0 Å². The number of aromatic nitrogens is 4. The molecule has 0 amide bonds. The highest BCUT2D eigenvalue weighted by Gasteiger charge is 2.32. The van der Waals surface area contributed by atoms with E-state index in [1.54, 1.807) is 40.7 Å². The quantitative estimate of drug-likeness (QED) is 0.687. The van der Waals surface area contributed by atoms with Gasteiger partial charge in [0.25, 0.3) is 0 Å². The second kappa shape index (κ2) is 6.71. The first-order valence-electron chi connectivity index (χ1n) is 8.32. The van der Waals surface area contributed by atoms with Crippen molar-refractivity contribution < 1.29 is 17.9 Å². The van der Waals surface area contributed by atoms with Crippen molar-refractivity contribution in [2.45, 2.75) is 39.1 Å². The summed E-state index contributed by atoms with van der Waals surface area (Å²) in [4.78, 5) is 1.74. The second-order valence-corrected chi connectivity index (χ2v) is 7.25. The number of rotatable bonds is 4. The predicted octanol–water partition coefficient (Wildman–Crippen LogP) is 3.96. The van der Waals surface area contributed by atoms with Gasteiger partial charge >= 0.3 is 6.36 Å². The molecular formula is C18H20F3N5O. The molecule has 144 valence electrons. The van der Waals surface area contributed by atoms with Crippen LogP contribution in [0.25, 0.3) is 5.65 Å². The highest BCUT2D eigenvalue weighted by Crippen LogP contribution is 2.28. The maximum atomic E-state index is 12.6. The molecule has 0 aliphatic rings. The van der Waals surface area contributed by atoms with Crippen molar-refractivity contribution in [3.05, 3.63) is 47.8 Å². The van der Waals surface area contributed by atoms with Crippen LogP contribution in [0.15, 0.2) is 36.4 Å². The summed E-state index contributed by atoms with van der Waals surface area (Å²) >= 11 is 0. The van der Waals surface area contributed by atoms with Crippen molar-refractivity contribution in [2.24, 2.45) is 0 Å². The van der Waals surface area contributed by atoms with E-state index in [9.17, 15) is 13.2 Å². The number of para-hydroxylation sites is 1. The summed E-state index contributed by atoms with van der Waals surface area (Å²) in [5.41, 5.74) is 0.758. The lowest BCUT2D eigenvalue weighted by Crippen LogP contribution is -2.23. The fraction of sp³-hybridized carbons (Fsp3) is 0.389. The molecule has 0 bridgehead atoms. The van der Waals surface area contributed by atoms with Gasteiger partial charge in [0.2, 0.25) is 0 Å². The van der Waals surface area contributed by atoms with Gasteiger partial charge in [0.1, 0.15) is 11.6 Å². The molecule has 0 spiro atoms. The van der Waals surface area contributed by atoms with Crippen LogP contribution < -0.4 is 9.64 Å². The zero-order valence-corrected chi connectivity index (χ0v) is 15.4. The first-order valence-corrected chi connectivity index (χ1v) is 8.32. The van der Waals surface area contributed by atoms with Crippen LogP contribution in [0.2, 0.25) is 0 Å². The van der Waals surface area contributed by atoms with Crippen molar-refractivity contribution in [1.82, 2.24) is 19.8 Å². The Balaban J connectivity index is 1.90. The van der Waals surface area contributed by atoms with Gasteiger partial charge in [0, 0.05) is 24.6 Å². The SMILES string of the molecule is CN(Cc1ccccc1OC(F)(F)F)c1ccc2nnc(C(C)(C)C)n2n1. The smallest absolute Gasteiger partial charge is 0.405 e. The molecule has 0 saturated carbocycles. The van der Waals surface area contributed by atoms with Crippen LogP contribution >= 0.6 is 0 Å². The Morgan fingerprint density at radius 1 is 1.04 bits per heavy atom. The number of hydrogen-bond acceptors (Lipinski definition) is 5. The molecule has 3 rings (SSSR count). The molecule has 0 radical (unpaired) electrons. The average molecular weight is 379 g/mol. The molecule has 2 heterocycles. The highest BCUT2D eigenvalue weighted by molar-refractivity contribution is 5.47. The number of benzene rings is 1. The summed E-state index contributed by atoms with van der Waals surface area (Å²) in [7, 11) is 1.75. The van der Waals surface area contributed by atoms with Crippen LogP contribution in [0, 0.1) is 0 Å². The van der Waals surface area contributed by atoms with E-state index >= 15 is 0 Å². The third-order valence-electron chi connectivity index (χ3n) is 3.92. The number of alkyl halides is 3. The standard InChI is InChI=1S/C18H20F3N5O/c1-17(2,3)16-23-22-14-9-10-15(24-26(14)16)25(4)11-12-7-5-6-8-13(12)27-18(19,20)21/h5-10H,11H2,1-4H3. The average Bonchev–Trinajstić information content (AvgIpc) is 2.98. The minimum atomic E-state index is -4.74. The molecule has 0 atom stereocenters. The van der Waals surface area contributed by atoms with Gasteiger partial charge in [0.05, 0.1) is 0 Å². The molecule has 0 aliphatic carbocycles. The summed E-state index contributed by atoms with van der Waals surface area (Å²) in [6.45, 7) is 6.21. The molecule has 0 fully saturated rings. The zero-order chi connectivity index (χ0) is 19.8. The predicted molar refractivity (Wildman–Crippen MR) is 94.7 cm³/mol. The van der Waals surface area contributed by atoms with Gasteiger partial charge < -0.3 is 9.64 Å². The van der Waals surface area contributed by atoms with E-state index in [1.807, 2.05) is 20.8 Å². The molecule has 9 heteroatoms. The summed E-state index contributed by atoms with van der Waals surface area (Å²) in [6, 6.07) is 9.59. The van der Waals surface area contributed by atoms with E-state index in [4.69, 9.17) is 0 Å². The van der Waals surface area contributed by atoms with Crippen LogP contribution in [0.3, 0.4) is 0 Å². The Morgan fingerprint density at radius 2 is 1.74 bits per heavy atom. The van der Waals surface area contributed by atoms with E-state index < -0.39 is 6.36 Å². The fourth-order valence-corrected chi connectivity index (χ4v) is 2.65. The Hall–Kier alpha value is -2.84. The van der Waals surface area contributed by atoms with E-state index in [0.29, 0.717) is 22.9 Å². The fourth-order valence-electron chi connectivity index (χ4n) is 2.65. The van der Waals surface area contributed by atoms with Gasteiger partial charge in [-0.3, -0.25) is 0 Å². The van der Waals surface area contributed by atoms with Crippen LogP contribution in [0.4, 0.5) is 19.0 Å². The molecule has 6 nitrogen and oxygen atoms in total. The van der Waals surface area contributed by atoms with E-state index in [1.165, 1.54) is 12.1 Å². The lowest BCUT2D eigenvalue weighted by atomic mass is 9.96. The Kier molecular flexibility index (Phi) is 4.71. The second-order valence-electron chi connectivity index (χ2n) is 7.25. The lowest BCUT2D eigenvalue weighted by Gasteiger charge is -2.21. The van der Waals surface area contributed by atoms with Crippen molar-refractivity contribution in [2.75, 3.05) is 11.9 Å². The molecular weight excluding hydrogens is 359 g/mol. The molecule has 3 aromatic rings. The molecule has 27 heavy (non-hydrogen) atoms. The Bertz CT molecular complexity index is 946. The number of ether oxygens (including phenoxy) is 1.